The molecule has 0 aliphatic heterocycles. The van der Waals surface area contributed by atoms with E-state index in [0.29, 0.717) is 38.3 Å². The lowest BCUT2D eigenvalue weighted by atomic mass is 10.0. The number of carbonyl (C=O) groups excluding carboxylic acids is 1. The molecular formula is C17H14Cl2O3. The normalized spacial score (nSPS) is 11.6. The predicted octanol–water partition coefficient (Wildman–Crippen LogP) is 4.66. The van der Waals surface area contributed by atoms with Gasteiger partial charge in [0.2, 0.25) is 0 Å². The summed E-state index contributed by atoms with van der Waals surface area (Å²) in [6.45, 7) is 0. The van der Waals surface area contributed by atoms with Crippen LogP contribution < -0.4 is 9.47 Å². The number of ether oxygens (including phenoxy) is 2. The molecule has 0 unspecified atom stereocenters. The Morgan fingerprint density at radius 2 is 1.55 bits per heavy atom. The Hall–Kier alpha value is -1.97. The van der Waals surface area contributed by atoms with Crippen LogP contribution >= 0.6 is 23.2 Å². The van der Waals surface area contributed by atoms with E-state index in [1.165, 1.54) is 0 Å². The van der Waals surface area contributed by atoms with E-state index < -0.39 is 0 Å². The van der Waals surface area contributed by atoms with Crippen LogP contribution in [-0.2, 0) is 4.79 Å². The summed E-state index contributed by atoms with van der Waals surface area (Å²) < 4.78 is 10.4. The van der Waals surface area contributed by atoms with Crippen LogP contribution in [0.25, 0.3) is 10.6 Å². The molecule has 0 spiro atoms. The molecule has 0 bridgehead atoms. The Morgan fingerprint density at radius 3 is 2.09 bits per heavy atom. The van der Waals surface area contributed by atoms with Crippen molar-refractivity contribution in [2.24, 2.45) is 0 Å². The number of halogens is 2. The summed E-state index contributed by atoms with van der Waals surface area (Å²) in [5.74, 6) is 1.13. The first kappa shape index (κ1) is 16.4. The first-order chi connectivity index (χ1) is 10.6. The molecule has 0 N–H and O–H groups in total. The third kappa shape index (κ3) is 3.43. The summed E-state index contributed by atoms with van der Waals surface area (Å²) in [6, 6.07) is 12.1. The number of rotatable bonds is 5. The molecule has 0 amide bonds. The van der Waals surface area contributed by atoms with E-state index in [1.807, 2.05) is 0 Å². The van der Waals surface area contributed by atoms with E-state index in [9.17, 15) is 4.79 Å². The fourth-order valence-corrected chi connectivity index (χ4v) is 2.40. The van der Waals surface area contributed by atoms with E-state index in [4.69, 9.17) is 32.7 Å². The maximum absolute atomic E-state index is 11.5. The molecule has 3 nitrogen and oxygen atoms in total. The molecule has 22 heavy (non-hydrogen) atoms. The highest BCUT2D eigenvalue weighted by atomic mass is 35.5. The van der Waals surface area contributed by atoms with Gasteiger partial charge in [0.15, 0.2) is 17.8 Å². The smallest absolute Gasteiger partial charge is 0.161 e. The van der Waals surface area contributed by atoms with Crippen LogP contribution in [0.4, 0.5) is 0 Å². The topological polar surface area (TPSA) is 35.5 Å². The van der Waals surface area contributed by atoms with Gasteiger partial charge in [0.1, 0.15) is 0 Å². The fraction of sp³-hybridized carbons (Fsp3) is 0.118. The highest BCUT2D eigenvalue weighted by Gasteiger charge is 2.12. The predicted molar refractivity (Wildman–Crippen MR) is 89.7 cm³/mol. The van der Waals surface area contributed by atoms with Gasteiger partial charge in [0.25, 0.3) is 0 Å². The van der Waals surface area contributed by atoms with E-state index in [0.717, 1.165) is 6.29 Å². The lowest BCUT2D eigenvalue weighted by Crippen LogP contribution is -1.93. The highest BCUT2D eigenvalue weighted by Crippen LogP contribution is 2.35. The van der Waals surface area contributed by atoms with Crippen molar-refractivity contribution < 1.29 is 14.3 Å². The maximum atomic E-state index is 11.5. The summed E-state index contributed by atoms with van der Waals surface area (Å²) >= 11 is 12.3. The molecule has 0 radical (unpaired) electrons. The van der Waals surface area contributed by atoms with Gasteiger partial charge in [-0.25, -0.2) is 0 Å². The van der Waals surface area contributed by atoms with Crippen molar-refractivity contribution in [3.63, 3.8) is 0 Å². The second-order valence-corrected chi connectivity index (χ2v) is 5.24. The van der Waals surface area contributed by atoms with Crippen molar-refractivity contribution in [2.75, 3.05) is 14.2 Å². The van der Waals surface area contributed by atoms with Gasteiger partial charge in [-0.1, -0.05) is 35.3 Å². The van der Waals surface area contributed by atoms with E-state index in [2.05, 4.69) is 0 Å². The van der Waals surface area contributed by atoms with Crippen LogP contribution in [0.5, 0.6) is 11.5 Å². The summed E-state index contributed by atoms with van der Waals surface area (Å²) in [7, 11) is 3.10. The molecular weight excluding hydrogens is 323 g/mol. The molecule has 0 aromatic heterocycles. The quantitative estimate of drug-likeness (QED) is 0.452. The number of allylic oxidation sites excluding steroid dienone is 1. The lowest BCUT2D eigenvalue weighted by Gasteiger charge is -2.11. The number of methoxy groups -OCH3 is 2. The first-order valence-electron chi connectivity index (χ1n) is 6.44. The highest BCUT2D eigenvalue weighted by molar-refractivity contribution is 6.55. The van der Waals surface area contributed by atoms with Crippen molar-refractivity contribution in [1.29, 1.82) is 0 Å². The van der Waals surface area contributed by atoms with Gasteiger partial charge < -0.3 is 9.47 Å². The van der Waals surface area contributed by atoms with Crippen molar-refractivity contribution in [3.05, 3.63) is 58.6 Å². The largest absolute Gasteiger partial charge is 0.493 e. The molecule has 0 aliphatic carbocycles. The summed E-state index contributed by atoms with van der Waals surface area (Å²) in [4.78, 5) is 11.5. The average Bonchev–Trinajstić information content (AvgIpc) is 2.56. The minimum Gasteiger partial charge on any atom is -0.493 e. The van der Waals surface area contributed by atoms with Gasteiger partial charge in [-0.3, -0.25) is 4.79 Å². The Labute approximate surface area is 139 Å². The van der Waals surface area contributed by atoms with Gasteiger partial charge >= 0.3 is 0 Å². The third-order valence-electron chi connectivity index (χ3n) is 3.15. The second-order valence-electron chi connectivity index (χ2n) is 4.42. The van der Waals surface area contributed by atoms with Crippen molar-refractivity contribution >= 4 is 40.1 Å². The van der Waals surface area contributed by atoms with E-state index in [-0.39, 0.29) is 0 Å². The number of hydrogen-bond donors (Lipinski definition) is 0. The molecule has 2 rings (SSSR count). The summed E-state index contributed by atoms with van der Waals surface area (Å²) in [5.41, 5.74) is 1.74. The van der Waals surface area contributed by atoms with Crippen molar-refractivity contribution in [2.45, 2.75) is 0 Å². The molecule has 0 saturated carbocycles. The molecule has 0 fully saturated rings. The van der Waals surface area contributed by atoms with Crippen LogP contribution in [0.2, 0.25) is 5.02 Å². The monoisotopic (exact) mass is 336 g/mol. The van der Waals surface area contributed by atoms with Crippen LogP contribution in [0, 0.1) is 0 Å². The number of aldehydes is 1. The standard InChI is InChI=1S/C17H14Cl2O3/c1-21-15-8-5-12(9-16(15)22-2)17(19)14(10-20)11-3-6-13(18)7-4-11/h3-10H,1-2H3/b17-14-. The molecule has 0 atom stereocenters. The molecule has 2 aromatic carbocycles. The maximum Gasteiger partial charge on any atom is 0.161 e. The van der Waals surface area contributed by atoms with E-state index in [1.54, 1.807) is 56.7 Å². The fourth-order valence-electron chi connectivity index (χ4n) is 2.00. The summed E-state index contributed by atoms with van der Waals surface area (Å²) in [5, 5.41) is 0.925. The summed E-state index contributed by atoms with van der Waals surface area (Å²) in [6.07, 6.45) is 0.724. The molecule has 0 aliphatic rings. The molecule has 5 heteroatoms. The number of carbonyl (C=O) groups is 1. The van der Waals surface area contributed by atoms with Gasteiger partial charge in [-0.15, -0.1) is 0 Å². The zero-order valence-corrected chi connectivity index (χ0v) is 13.6. The van der Waals surface area contributed by atoms with Gasteiger partial charge in [0.05, 0.1) is 19.3 Å². The zero-order valence-electron chi connectivity index (χ0n) is 12.1. The Morgan fingerprint density at radius 1 is 0.955 bits per heavy atom. The molecule has 0 heterocycles. The van der Waals surface area contributed by atoms with Gasteiger partial charge in [-0.2, -0.15) is 0 Å². The third-order valence-corrected chi connectivity index (χ3v) is 3.82. The van der Waals surface area contributed by atoms with Crippen LogP contribution in [0.15, 0.2) is 42.5 Å². The number of hydrogen-bond acceptors (Lipinski definition) is 3. The van der Waals surface area contributed by atoms with Crippen LogP contribution in [0.3, 0.4) is 0 Å². The first-order valence-corrected chi connectivity index (χ1v) is 7.19. The second kappa shape index (κ2) is 7.34. The molecule has 114 valence electrons. The SMILES string of the molecule is COc1ccc(/C(Cl)=C(\C=O)c2ccc(Cl)cc2)cc1OC. The molecule has 0 saturated heterocycles. The van der Waals surface area contributed by atoms with Crippen molar-refractivity contribution in [3.8, 4) is 11.5 Å². The minimum atomic E-state index is 0.332. The molecule has 2 aromatic rings. The zero-order chi connectivity index (χ0) is 16.1. The van der Waals surface area contributed by atoms with Crippen LogP contribution in [-0.4, -0.2) is 20.5 Å². The minimum absolute atomic E-state index is 0.332. The number of benzene rings is 2. The Kier molecular flexibility index (Phi) is 5.47. The van der Waals surface area contributed by atoms with Crippen molar-refractivity contribution in [1.82, 2.24) is 0 Å². The average molecular weight is 337 g/mol. The lowest BCUT2D eigenvalue weighted by molar-refractivity contribution is -0.103. The Bertz CT molecular complexity index is 706. The Balaban J connectivity index is 2.52. The van der Waals surface area contributed by atoms with Gasteiger partial charge in [-0.05, 0) is 41.5 Å². The van der Waals surface area contributed by atoms with Gasteiger partial charge in [0, 0.05) is 10.6 Å². The van der Waals surface area contributed by atoms with E-state index >= 15 is 0 Å². The van der Waals surface area contributed by atoms with Crippen LogP contribution in [0.1, 0.15) is 11.1 Å².